The zero-order valence-corrected chi connectivity index (χ0v) is 24.1. The molecule has 2 N–H and O–H groups in total. The van der Waals surface area contributed by atoms with Crippen molar-refractivity contribution in [1.82, 2.24) is 20.2 Å². The molecule has 1 saturated heterocycles. The van der Waals surface area contributed by atoms with Gasteiger partial charge in [0.15, 0.2) is 0 Å². The number of amides is 1. The van der Waals surface area contributed by atoms with E-state index in [0.29, 0.717) is 53.0 Å². The largest absolute Gasteiger partial charge is 0.496 e. The van der Waals surface area contributed by atoms with E-state index >= 15 is 4.39 Å². The van der Waals surface area contributed by atoms with Gasteiger partial charge < -0.3 is 20.3 Å². The van der Waals surface area contributed by atoms with Gasteiger partial charge in [0, 0.05) is 59.3 Å². The van der Waals surface area contributed by atoms with Crippen molar-refractivity contribution in [3.05, 3.63) is 100 Å². The van der Waals surface area contributed by atoms with E-state index in [4.69, 9.17) is 14.7 Å². The number of nitrogens with zero attached hydrogens (tertiary/aromatic N) is 4. The number of carbonyl (C=O) groups is 1. The van der Waals surface area contributed by atoms with Gasteiger partial charge in [0.25, 0.3) is 5.91 Å². The molecule has 3 aromatic carbocycles. The highest BCUT2D eigenvalue weighted by Gasteiger charge is 2.27. The molecule has 0 saturated carbocycles. The zero-order chi connectivity index (χ0) is 29.4. The Morgan fingerprint density at radius 3 is 2.62 bits per heavy atom. The van der Waals surface area contributed by atoms with Crippen molar-refractivity contribution in [1.29, 1.82) is 0 Å². The van der Waals surface area contributed by atoms with Crippen LogP contribution >= 0.6 is 0 Å². The summed E-state index contributed by atoms with van der Waals surface area (Å²) in [5, 5.41) is 6.74. The lowest BCUT2D eigenvalue weighted by Gasteiger charge is -2.36. The van der Waals surface area contributed by atoms with Crippen LogP contribution in [0.3, 0.4) is 0 Å². The molecule has 2 atom stereocenters. The van der Waals surface area contributed by atoms with Gasteiger partial charge >= 0.3 is 0 Å². The fourth-order valence-electron chi connectivity index (χ4n) is 5.78. The molecular formula is C33H33FN6O2. The van der Waals surface area contributed by atoms with E-state index in [9.17, 15) is 4.79 Å². The number of anilines is 2. The second-order valence-electron chi connectivity index (χ2n) is 11.0. The lowest BCUT2D eigenvalue weighted by molar-refractivity contribution is 0.0674. The third-order valence-corrected chi connectivity index (χ3v) is 7.60. The number of hydrogen-bond acceptors (Lipinski definition) is 7. The smallest absolute Gasteiger partial charge is 0.254 e. The Morgan fingerprint density at radius 1 is 1.05 bits per heavy atom. The fraction of sp³-hybridized carbons (Fsp3) is 0.273. The summed E-state index contributed by atoms with van der Waals surface area (Å²) in [7, 11) is 1.53. The molecule has 214 valence electrons. The summed E-state index contributed by atoms with van der Waals surface area (Å²) in [6.45, 7) is 7.77. The Morgan fingerprint density at radius 2 is 1.83 bits per heavy atom. The quantitative estimate of drug-likeness (QED) is 0.332. The van der Waals surface area contributed by atoms with E-state index < -0.39 is 5.82 Å². The predicted molar refractivity (Wildman–Crippen MR) is 162 cm³/mol. The standard InChI is InChI=1S/C33H33FN6O2/c1-19-11-12-25-26(13-19)31(29-27(34)9-6-10-28(29)42-4)35-15-23-16-36-33(39-30(23)25)38-24-8-5-7-22(14-24)32(41)40-17-20(2)37-21(3)18-40/h5-14,16,20-21,37H,15,17-18H2,1-4H3,(H,36,38,39). The van der Waals surface area contributed by atoms with Crippen molar-refractivity contribution in [2.75, 3.05) is 25.5 Å². The maximum absolute atomic E-state index is 15.2. The minimum absolute atomic E-state index is 0.000699. The van der Waals surface area contributed by atoms with Crippen molar-refractivity contribution in [2.45, 2.75) is 39.4 Å². The molecule has 1 aromatic heterocycles. The van der Waals surface area contributed by atoms with Crippen molar-refractivity contribution in [2.24, 2.45) is 4.99 Å². The monoisotopic (exact) mass is 564 g/mol. The van der Waals surface area contributed by atoms with E-state index in [1.165, 1.54) is 13.2 Å². The van der Waals surface area contributed by atoms with Crippen LogP contribution < -0.4 is 15.4 Å². The third kappa shape index (κ3) is 5.35. The van der Waals surface area contributed by atoms with Gasteiger partial charge in [0.2, 0.25) is 5.95 Å². The number of ether oxygens (including phenoxy) is 1. The molecule has 0 radical (unpaired) electrons. The molecule has 4 aromatic rings. The van der Waals surface area contributed by atoms with E-state index in [1.54, 1.807) is 18.3 Å². The number of piperazine rings is 1. The summed E-state index contributed by atoms with van der Waals surface area (Å²) in [4.78, 5) is 29.5. The molecule has 9 heteroatoms. The lowest BCUT2D eigenvalue weighted by atomic mass is 9.93. The normalized spacial score (nSPS) is 17.9. The Labute approximate surface area is 244 Å². The maximum atomic E-state index is 15.2. The van der Waals surface area contributed by atoms with Crippen LogP contribution in [0.2, 0.25) is 0 Å². The molecule has 0 aliphatic carbocycles. The van der Waals surface area contributed by atoms with Crippen molar-refractivity contribution < 1.29 is 13.9 Å². The molecule has 6 rings (SSSR count). The van der Waals surface area contributed by atoms with Gasteiger partial charge in [0.05, 0.1) is 30.6 Å². The van der Waals surface area contributed by atoms with Gasteiger partial charge in [-0.05, 0) is 57.2 Å². The molecule has 2 aliphatic heterocycles. The van der Waals surface area contributed by atoms with Crippen LogP contribution in [0, 0.1) is 12.7 Å². The number of aromatic nitrogens is 2. The number of hydrogen-bond donors (Lipinski definition) is 2. The number of halogens is 1. The number of aryl methyl sites for hydroxylation is 1. The Bertz CT molecular complexity index is 1690. The van der Waals surface area contributed by atoms with Crippen LogP contribution in [-0.4, -0.2) is 58.8 Å². The molecule has 1 amide bonds. The van der Waals surface area contributed by atoms with E-state index in [1.807, 2.05) is 54.3 Å². The summed E-state index contributed by atoms with van der Waals surface area (Å²) < 4.78 is 20.7. The van der Waals surface area contributed by atoms with Crippen LogP contribution in [0.1, 0.15) is 46.5 Å². The Hall–Kier alpha value is -4.63. The fourth-order valence-corrected chi connectivity index (χ4v) is 5.78. The highest BCUT2D eigenvalue weighted by Crippen LogP contribution is 2.35. The molecule has 0 spiro atoms. The van der Waals surface area contributed by atoms with Crippen LogP contribution in [0.5, 0.6) is 5.75 Å². The molecule has 1 fully saturated rings. The highest BCUT2D eigenvalue weighted by atomic mass is 19.1. The molecule has 2 unspecified atom stereocenters. The van der Waals surface area contributed by atoms with Gasteiger partial charge in [0.1, 0.15) is 11.6 Å². The molecular weight excluding hydrogens is 531 g/mol. The minimum Gasteiger partial charge on any atom is -0.496 e. The Balaban J connectivity index is 1.33. The first kappa shape index (κ1) is 27.5. The van der Waals surface area contributed by atoms with Crippen LogP contribution in [0.15, 0.2) is 71.9 Å². The summed E-state index contributed by atoms with van der Waals surface area (Å²) in [5.74, 6) is 0.402. The number of aliphatic imine (C=N–C) groups is 1. The summed E-state index contributed by atoms with van der Waals surface area (Å²) in [6.07, 6.45) is 1.75. The second kappa shape index (κ2) is 11.3. The number of benzene rings is 3. The number of methoxy groups -OCH3 is 1. The topological polar surface area (TPSA) is 91.7 Å². The van der Waals surface area contributed by atoms with Crippen LogP contribution in [0.25, 0.3) is 11.3 Å². The first-order valence-electron chi connectivity index (χ1n) is 14.1. The average Bonchev–Trinajstić information content (AvgIpc) is 3.12. The predicted octanol–water partition coefficient (Wildman–Crippen LogP) is 5.52. The third-order valence-electron chi connectivity index (χ3n) is 7.60. The number of nitrogens with one attached hydrogen (secondary N) is 2. The zero-order valence-electron chi connectivity index (χ0n) is 24.1. The van der Waals surface area contributed by atoms with Gasteiger partial charge in [-0.1, -0.05) is 29.8 Å². The average molecular weight is 565 g/mol. The van der Waals surface area contributed by atoms with E-state index in [0.717, 1.165) is 22.3 Å². The molecule has 42 heavy (non-hydrogen) atoms. The van der Waals surface area contributed by atoms with Gasteiger partial charge in [-0.25, -0.2) is 14.4 Å². The number of carbonyl (C=O) groups excluding carboxylic acids is 1. The lowest BCUT2D eigenvalue weighted by Crippen LogP contribution is -2.55. The van der Waals surface area contributed by atoms with Crippen LogP contribution in [0.4, 0.5) is 16.0 Å². The first-order valence-corrected chi connectivity index (χ1v) is 14.1. The van der Waals surface area contributed by atoms with Gasteiger partial charge in [-0.3, -0.25) is 9.79 Å². The van der Waals surface area contributed by atoms with Crippen LogP contribution in [-0.2, 0) is 6.54 Å². The summed E-state index contributed by atoms with van der Waals surface area (Å²) in [5.41, 5.74) is 6.30. The van der Waals surface area contributed by atoms with Crippen molar-refractivity contribution in [3.63, 3.8) is 0 Å². The number of fused-ring (bicyclic) bond motifs is 3. The maximum Gasteiger partial charge on any atom is 0.254 e. The molecule has 2 aliphatic rings. The summed E-state index contributed by atoms with van der Waals surface area (Å²) in [6, 6.07) is 18.6. The first-order chi connectivity index (χ1) is 20.3. The summed E-state index contributed by atoms with van der Waals surface area (Å²) >= 11 is 0. The molecule has 3 heterocycles. The van der Waals surface area contributed by atoms with Gasteiger partial charge in [-0.15, -0.1) is 0 Å². The van der Waals surface area contributed by atoms with Crippen molar-refractivity contribution >= 4 is 23.3 Å². The molecule has 8 nitrogen and oxygen atoms in total. The van der Waals surface area contributed by atoms with E-state index in [-0.39, 0.29) is 24.5 Å². The van der Waals surface area contributed by atoms with E-state index in [2.05, 4.69) is 29.5 Å². The SMILES string of the molecule is COc1cccc(F)c1C1=NCc2cnc(Nc3cccc(C(=O)N4CC(C)NC(C)C4)c3)nc2-c2ccc(C)cc21. The molecule has 0 bridgehead atoms. The second-order valence-corrected chi connectivity index (χ2v) is 11.0. The highest BCUT2D eigenvalue weighted by molar-refractivity contribution is 6.18. The Kier molecular flexibility index (Phi) is 7.43. The van der Waals surface area contributed by atoms with Gasteiger partial charge in [-0.2, -0.15) is 0 Å². The number of rotatable bonds is 5. The minimum atomic E-state index is -0.404. The van der Waals surface area contributed by atoms with Crippen molar-refractivity contribution in [3.8, 4) is 17.0 Å².